The van der Waals surface area contributed by atoms with Crippen molar-refractivity contribution in [2.75, 3.05) is 20.3 Å². The topological polar surface area (TPSA) is 47.1 Å². The number of aromatic nitrogens is 2. The minimum Gasteiger partial charge on any atom is -0.491 e. The van der Waals surface area contributed by atoms with Crippen molar-refractivity contribution < 1.29 is 9.47 Å². The number of hydrogen-bond donors (Lipinski definition) is 1. The predicted molar refractivity (Wildman–Crippen MR) is 78.9 cm³/mol. The fourth-order valence-electron chi connectivity index (χ4n) is 2.19. The highest BCUT2D eigenvalue weighted by molar-refractivity contribution is 5.92. The third-order valence-corrected chi connectivity index (χ3v) is 3.18. The summed E-state index contributed by atoms with van der Waals surface area (Å²) in [6.45, 7) is 1.16. The van der Waals surface area contributed by atoms with Gasteiger partial charge in [0.05, 0.1) is 6.61 Å². The van der Waals surface area contributed by atoms with Crippen LogP contribution in [0.3, 0.4) is 0 Å². The molecule has 0 atom stereocenters. The van der Waals surface area contributed by atoms with E-state index in [0.717, 1.165) is 22.3 Å². The van der Waals surface area contributed by atoms with E-state index in [0.29, 0.717) is 13.2 Å². The van der Waals surface area contributed by atoms with Crippen LogP contribution in [0.25, 0.3) is 22.2 Å². The van der Waals surface area contributed by atoms with Crippen LogP contribution in [0.4, 0.5) is 0 Å². The molecule has 2 heterocycles. The van der Waals surface area contributed by atoms with Crippen LogP contribution in [0.2, 0.25) is 0 Å². The van der Waals surface area contributed by atoms with Crippen molar-refractivity contribution in [3.05, 3.63) is 48.8 Å². The number of nitrogens with one attached hydrogen (secondary N) is 1. The number of benzene rings is 1. The number of pyridine rings is 1. The van der Waals surface area contributed by atoms with Gasteiger partial charge in [-0.15, -0.1) is 0 Å². The molecule has 3 rings (SSSR count). The molecule has 20 heavy (non-hydrogen) atoms. The molecule has 0 saturated carbocycles. The lowest BCUT2D eigenvalue weighted by Crippen LogP contribution is -2.03. The second kappa shape index (κ2) is 5.75. The standard InChI is InChI=1S/C16H16N2O2/c1-19-10-11-20-13-4-2-12(3-5-13)14-6-8-17-16-15(14)7-9-18-16/h2-9H,10-11H2,1H3,(H,17,18). The van der Waals surface area contributed by atoms with Gasteiger partial charge in [0.1, 0.15) is 18.0 Å². The maximum absolute atomic E-state index is 5.57. The maximum Gasteiger partial charge on any atom is 0.137 e. The first kappa shape index (κ1) is 12.7. The Morgan fingerprint density at radius 3 is 2.70 bits per heavy atom. The van der Waals surface area contributed by atoms with Crippen LogP contribution >= 0.6 is 0 Å². The Balaban J connectivity index is 1.85. The zero-order valence-electron chi connectivity index (χ0n) is 11.3. The molecule has 0 spiro atoms. The molecule has 0 aliphatic heterocycles. The molecule has 4 nitrogen and oxygen atoms in total. The Morgan fingerprint density at radius 1 is 1.05 bits per heavy atom. The third kappa shape index (κ3) is 2.51. The normalized spacial score (nSPS) is 10.8. The molecule has 4 heteroatoms. The molecular weight excluding hydrogens is 252 g/mol. The van der Waals surface area contributed by atoms with Crippen LogP contribution in [-0.2, 0) is 4.74 Å². The molecule has 0 unspecified atom stereocenters. The number of nitrogens with zero attached hydrogens (tertiary/aromatic N) is 1. The summed E-state index contributed by atoms with van der Waals surface area (Å²) in [6.07, 6.45) is 3.72. The first-order valence-corrected chi connectivity index (χ1v) is 6.53. The molecule has 102 valence electrons. The molecule has 0 aliphatic carbocycles. The SMILES string of the molecule is COCCOc1ccc(-c2ccnc3[nH]ccc23)cc1. The van der Waals surface area contributed by atoms with Crippen LogP contribution in [-0.4, -0.2) is 30.3 Å². The van der Waals surface area contributed by atoms with E-state index in [1.165, 1.54) is 5.56 Å². The molecule has 0 saturated heterocycles. The Morgan fingerprint density at radius 2 is 1.90 bits per heavy atom. The van der Waals surface area contributed by atoms with Gasteiger partial charge in [0.25, 0.3) is 0 Å². The molecule has 2 aromatic heterocycles. The Bertz CT molecular complexity index is 689. The van der Waals surface area contributed by atoms with Crippen LogP contribution < -0.4 is 4.74 Å². The number of rotatable bonds is 5. The Labute approximate surface area is 117 Å². The van der Waals surface area contributed by atoms with Crippen LogP contribution in [0.1, 0.15) is 0 Å². The summed E-state index contributed by atoms with van der Waals surface area (Å²) < 4.78 is 10.5. The molecule has 0 aliphatic rings. The Hall–Kier alpha value is -2.33. The van der Waals surface area contributed by atoms with Crippen molar-refractivity contribution in [3.63, 3.8) is 0 Å². The van der Waals surface area contributed by atoms with E-state index in [-0.39, 0.29) is 0 Å². The Kier molecular flexibility index (Phi) is 3.65. The number of fused-ring (bicyclic) bond motifs is 1. The summed E-state index contributed by atoms with van der Waals surface area (Å²) in [4.78, 5) is 7.43. The molecule has 1 aromatic carbocycles. The predicted octanol–water partition coefficient (Wildman–Crippen LogP) is 3.26. The summed E-state index contributed by atoms with van der Waals surface area (Å²) in [5.41, 5.74) is 3.22. The number of methoxy groups -OCH3 is 1. The van der Waals surface area contributed by atoms with Crippen molar-refractivity contribution in [2.24, 2.45) is 0 Å². The van der Waals surface area contributed by atoms with Crippen molar-refractivity contribution in [1.82, 2.24) is 9.97 Å². The van der Waals surface area contributed by atoms with Gasteiger partial charge in [0, 0.05) is 24.9 Å². The zero-order valence-corrected chi connectivity index (χ0v) is 11.3. The van der Waals surface area contributed by atoms with E-state index in [9.17, 15) is 0 Å². The highest BCUT2D eigenvalue weighted by atomic mass is 16.5. The van der Waals surface area contributed by atoms with Gasteiger partial charge >= 0.3 is 0 Å². The van der Waals surface area contributed by atoms with Gasteiger partial charge in [-0.2, -0.15) is 0 Å². The molecule has 3 aromatic rings. The van der Waals surface area contributed by atoms with Gasteiger partial charge in [-0.3, -0.25) is 0 Å². The minimum absolute atomic E-state index is 0.563. The smallest absolute Gasteiger partial charge is 0.137 e. The molecule has 1 N–H and O–H groups in total. The maximum atomic E-state index is 5.57. The highest BCUT2D eigenvalue weighted by Gasteiger charge is 2.05. The van der Waals surface area contributed by atoms with E-state index in [1.54, 1.807) is 7.11 Å². The van der Waals surface area contributed by atoms with E-state index in [2.05, 4.69) is 22.1 Å². The van der Waals surface area contributed by atoms with Crippen molar-refractivity contribution >= 4 is 11.0 Å². The molecule has 0 fully saturated rings. The van der Waals surface area contributed by atoms with E-state index in [4.69, 9.17) is 9.47 Å². The van der Waals surface area contributed by atoms with Gasteiger partial charge in [-0.05, 0) is 35.4 Å². The fourth-order valence-corrected chi connectivity index (χ4v) is 2.19. The highest BCUT2D eigenvalue weighted by Crippen LogP contribution is 2.28. The summed E-state index contributed by atoms with van der Waals surface area (Å²) in [5.74, 6) is 0.852. The summed E-state index contributed by atoms with van der Waals surface area (Å²) in [6, 6.07) is 12.1. The van der Waals surface area contributed by atoms with Crippen LogP contribution in [0.15, 0.2) is 48.8 Å². The summed E-state index contributed by atoms with van der Waals surface area (Å²) in [7, 11) is 1.66. The van der Waals surface area contributed by atoms with Gasteiger partial charge in [0.2, 0.25) is 0 Å². The van der Waals surface area contributed by atoms with Gasteiger partial charge < -0.3 is 14.5 Å². The summed E-state index contributed by atoms with van der Waals surface area (Å²) in [5, 5.41) is 1.13. The number of hydrogen-bond acceptors (Lipinski definition) is 3. The lowest BCUT2D eigenvalue weighted by atomic mass is 10.0. The largest absolute Gasteiger partial charge is 0.491 e. The first-order chi connectivity index (χ1) is 9.88. The quantitative estimate of drug-likeness (QED) is 0.722. The van der Waals surface area contributed by atoms with Gasteiger partial charge in [0.15, 0.2) is 0 Å². The van der Waals surface area contributed by atoms with Gasteiger partial charge in [-0.25, -0.2) is 4.98 Å². The zero-order chi connectivity index (χ0) is 13.8. The fraction of sp³-hybridized carbons (Fsp3) is 0.188. The molecule has 0 radical (unpaired) electrons. The summed E-state index contributed by atoms with van der Waals surface area (Å²) >= 11 is 0. The van der Waals surface area contributed by atoms with Crippen molar-refractivity contribution in [2.45, 2.75) is 0 Å². The second-order valence-corrected chi connectivity index (χ2v) is 4.46. The van der Waals surface area contributed by atoms with Crippen LogP contribution in [0, 0.1) is 0 Å². The van der Waals surface area contributed by atoms with E-state index >= 15 is 0 Å². The average molecular weight is 268 g/mol. The van der Waals surface area contributed by atoms with Gasteiger partial charge in [-0.1, -0.05) is 12.1 Å². The number of aromatic amines is 1. The third-order valence-electron chi connectivity index (χ3n) is 3.18. The molecule has 0 amide bonds. The van der Waals surface area contributed by atoms with E-state index in [1.807, 2.05) is 36.7 Å². The van der Waals surface area contributed by atoms with Crippen molar-refractivity contribution in [1.29, 1.82) is 0 Å². The van der Waals surface area contributed by atoms with Crippen LogP contribution in [0.5, 0.6) is 5.75 Å². The second-order valence-electron chi connectivity index (χ2n) is 4.46. The minimum atomic E-state index is 0.563. The number of ether oxygens (including phenoxy) is 2. The molecular formula is C16H16N2O2. The monoisotopic (exact) mass is 268 g/mol. The van der Waals surface area contributed by atoms with E-state index < -0.39 is 0 Å². The van der Waals surface area contributed by atoms with Crippen molar-refractivity contribution in [3.8, 4) is 16.9 Å². The average Bonchev–Trinajstić information content (AvgIpc) is 2.97. The lowest BCUT2D eigenvalue weighted by molar-refractivity contribution is 0.146. The first-order valence-electron chi connectivity index (χ1n) is 6.53. The number of H-pyrrole nitrogens is 1. The lowest BCUT2D eigenvalue weighted by Gasteiger charge is -2.07. The molecule has 0 bridgehead atoms.